The van der Waals surface area contributed by atoms with Crippen LogP contribution in [0.1, 0.15) is 13.3 Å². The van der Waals surface area contributed by atoms with Gasteiger partial charge < -0.3 is 15.8 Å². The van der Waals surface area contributed by atoms with E-state index < -0.39 is 0 Å². The van der Waals surface area contributed by atoms with Crippen molar-refractivity contribution in [1.29, 1.82) is 0 Å². The molecule has 3 N–H and O–H groups in total. The summed E-state index contributed by atoms with van der Waals surface area (Å²) in [5.74, 6) is 1.34. The summed E-state index contributed by atoms with van der Waals surface area (Å²) in [4.78, 5) is 14.1. The van der Waals surface area contributed by atoms with Crippen molar-refractivity contribution in [3.8, 4) is 0 Å². The van der Waals surface area contributed by atoms with Gasteiger partial charge in [0.15, 0.2) is 0 Å². The maximum atomic E-state index is 11.8. The van der Waals surface area contributed by atoms with Crippen LogP contribution in [0.4, 0.5) is 0 Å². The second-order valence-electron chi connectivity index (χ2n) is 5.15. The molecule has 0 aliphatic carbocycles. The van der Waals surface area contributed by atoms with Crippen molar-refractivity contribution in [2.45, 2.75) is 19.4 Å². The molecule has 1 aliphatic rings. The largest absolute Gasteiger partial charge is 0.379 e. The minimum atomic E-state index is -0.372. The Morgan fingerprint density at radius 3 is 2.79 bits per heavy atom. The van der Waals surface area contributed by atoms with Crippen molar-refractivity contribution in [2.75, 3.05) is 51.4 Å². The third-order valence-corrected chi connectivity index (χ3v) is 3.91. The highest BCUT2D eigenvalue weighted by Crippen LogP contribution is 2.03. The van der Waals surface area contributed by atoms with Gasteiger partial charge in [0.05, 0.1) is 19.3 Å². The molecule has 0 saturated carbocycles. The van der Waals surface area contributed by atoms with Crippen LogP contribution in [0.25, 0.3) is 0 Å². The second kappa shape index (κ2) is 9.58. The molecule has 1 heterocycles. The van der Waals surface area contributed by atoms with Crippen LogP contribution < -0.4 is 11.1 Å². The number of amides is 1. The zero-order chi connectivity index (χ0) is 14.1. The molecule has 0 aromatic carbocycles. The average Bonchev–Trinajstić information content (AvgIpc) is 2.43. The number of carbonyl (C=O) groups is 1. The van der Waals surface area contributed by atoms with Gasteiger partial charge in [-0.15, -0.1) is 0 Å². The molecule has 1 unspecified atom stereocenters. The van der Waals surface area contributed by atoms with E-state index in [4.69, 9.17) is 10.5 Å². The first-order valence-corrected chi connectivity index (χ1v) is 8.35. The number of carbonyl (C=O) groups excluding carboxylic acids is 1. The third kappa shape index (κ3) is 7.15. The lowest BCUT2D eigenvalue weighted by Crippen LogP contribution is -2.45. The maximum Gasteiger partial charge on any atom is 0.236 e. The Morgan fingerprint density at radius 1 is 1.47 bits per heavy atom. The van der Waals surface area contributed by atoms with Gasteiger partial charge in [0.1, 0.15) is 0 Å². The summed E-state index contributed by atoms with van der Waals surface area (Å²) in [6.07, 6.45) is 2.76. The SMILES string of the molecule is CSCC[C@H](N)C(=O)NCC(C)CN1CCOCC1. The Balaban J connectivity index is 2.14. The van der Waals surface area contributed by atoms with Crippen molar-refractivity contribution < 1.29 is 9.53 Å². The number of morpholine rings is 1. The molecule has 0 radical (unpaired) electrons. The van der Waals surface area contributed by atoms with Crippen molar-refractivity contribution in [1.82, 2.24) is 10.2 Å². The Labute approximate surface area is 120 Å². The molecule has 1 saturated heterocycles. The number of hydrogen-bond acceptors (Lipinski definition) is 5. The molecular weight excluding hydrogens is 262 g/mol. The van der Waals surface area contributed by atoms with E-state index in [1.807, 2.05) is 6.26 Å². The molecule has 1 amide bonds. The molecule has 0 bridgehead atoms. The monoisotopic (exact) mass is 289 g/mol. The normalized spacial score (nSPS) is 19.9. The fraction of sp³-hybridized carbons (Fsp3) is 0.923. The highest BCUT2D eigenvalue weighted by molar-refractivity contribution is 7.98. The molecule has 0 spiro atoms. The summed E-state index contributed by atoms with van der Waals surface area (Å²) in [5, 5.41) is 2.95. The molecular formula is C13H27N3O2S. The zero-order valence-electron chi connectivity index (χ0n) is 12.1. The van der Waals surface area contributed by atoms with Crippen LogP contribution >= 0.6 is 11.8 Å². The van der Waals surface area contributed by atoms with Crippen LogP contribution in [0.5, 0.6) is 0 Å². The maximum absolute atomic E-state index is 11.8. The minimum Gasteiger partial charge on any atom is -0.379 e. The minimum absolute atomic E-state index is 0.0251. The Bertz CT molecular complexity index is 260. The van der Waals surface area contributed by atoms with Crippen LogP contribution in [0.3, 0.4) is 0 Å². The Kier molecular flexibility index (Phi) is 8.45. The van der Waals surface area contributed by atoms with E-state index >= 15 is 0 Å². The van der Waals surface area contributed by atoms with Gasteiger partial charge in [-0.05, 0) is 24.3 Å². The molecule has 1 aliphatic heterocycles. The third-order valence-electron chi connectivity index (χ3n) is 3.27. The summed E-state index contributed by atoms with van der Waals surface area (Å²) >= 11 is 1.72. The fourth-order valence-corrected chi connectivity index (χ4v) is 2.56. The van der Waals surface area contributed by atoms with Gasteiger partial charge in [-0.25, -0.2) is 0 Å². The van der Waals surface area contributed by atoms with Crippen molar-refractivity contribution in [2.24, 2.45) is 11.7 Å². The van der Waals surface area contributed by atoms with Gasteiger partial charge in [0, 0.05) is 26.2 Å². The van der Waals surface area contributed by atoms with Gasteiger partial charge in [-0.1, -0.05) is 6.92 Å². The number of nitrogens with two attached hydrogens (primary N) is 1. The van der Waals surface area contributed by atoms with Crippen molar-refractivity contribution in [3.63, 3.8) is 0 Å². The summed E-state index contributed by atoms with van der Waals surface area (Å²) < 4.78 is 5.32. The summed E-state index contributed by atoms with van der Waals surface area (Å²) in [6, 6.07) is -0.372. The highest BCUT2D eigenvalue weighted by Gasteiger charge is 2.16. The fourth-order valence-electron chi connectivity index (χ4n) is 2.07. The van der Waals surface area contributed by atoms with E-state index in [0.717, 1.165) is 45.0 Å². The van der Waals surface area contributed by atoms with E-state index in [1.165, 1.54) is 0 Å². The van der Waals surface area contributed by atoms with E-state index in [-0.39, 0.29) is 11.9 Å². The standard InChI is InChI=1S/C13H27N3O2S/c1-11(10-16-4-6-18-7-5-16)9-15-13(17)12(14)3-8-19-2/h11-12H,3-10,14H2,1-2H3,(H,15,17)/t11?,12-/m0/s1. The molecule has 112 valence electrons. The van der Waals surface area contributed by atoms with Crippen molar-refractivity contribution >= 4 is 17.7 Å². The van der Waals surface area contributed by atoms with Gasteiger partial charge in [0.2, 0.25) is 5.91 Å². The molecule has 1 rings (SSSR count). The van der Waals surface area contributed by atoms with E-state index in [2.05, 4.69) is 17.1 Å². The summed E-state index contributed by atoms with van der Waals surface area (Å²) in [7, 11) is 0. The quantitative estimate of drug-likeness (QED) is 0.666. The number of rotatable bonds is 8. The topological polar surface area (TPSA) is 67.6 Å². The number of nitrogens with one attached hydrogen (secondary N) is 1. The molecule has 2 atom stereocenters. The van der Waals surface area contributed by atoms with Gasteiger partial charge in [-0.2, -0.15) is 11.8 Å². The van der Waals surface area contributed by atoms with Gasteiger partial charge >= 0.3 is 0 Å². The van der Waals surface area contributed by atoms with E-state index in [9.17, 15) is 4.79 Å². The zero-order valence-corrected chi connectivity index (χ0v) is 12.9. The molecule has 0 aromatic rings. The number of nitrogens with zero attached hydrogens (tertiary/aromatic N) is 1. The van der Waals surface area contributed by atoms with E-state index in [0.29, 0.717) is 12.5 Å². The molecule has 0 aromatic heterocycles. The highest BCUT2D eigenvalue weighted by atomic mass is 32.2. The van der Waals surface area contributed by atoms with Crippen LogP contribution in [-0.4, -0.2) is 68.3 Å². The average molecular weight is 289 g/mol. The Hall–Kier alpha value is -0.300. The first-order chi connectivity index (χ1) is 9.13. The van der Waals surface area contributed by atoms with Crippen LogP contribution in [0.2, 0.25) is 0 Å². The predicted molar refractivity (Wildman–Crippen MR) is 80.4 cm³/mol. The summed E-state index contributed by atoms with van der Waals surface area (Å²) in [6.45, 7) is 7.48. The van der Waals surface area contributed by atoms with Crippen LogP contribution in [-0.2, 0) is 9.53 Å². The molecule has 6 heteroatoms. The lowest BCUT2D eigenvalue weighted by molar-refractivity contribution is -0.122. The van der Waals surface area contributed by atoms with Gasteiger partial charge in [-0.3, -0.25) is 9.69 Å². The second-order valence-corrected chi connectivity index (χ2v) is 6.14. The Morgan fingerprint density at radius 2 is 2.16 bits per heavy atom. The van der Waals surface area contributed by atoms with E-state index in [1.54, 1.807) is 11.8 Å². The number of hydrogen-bond donors (Lipinski definition) is 2. The van der Waals surface area contributed by atoms with Crippen LogP contribution in [0, 0.1) is 5.92 Å². The van der Waals surface area contributed by atoms with Crippen molar-refractivity contribution in [3.05, 3.63) is 0 Å². The smallest absolute Gasteiger partial charge is 0.236 e. The molecule has 5 nitrogen and oxygen atoms in total. The predicted octanol–water partition coefficient (Wildman–Crippen LogP) is 0.151. The van der Waals surface area contributed by atoms with Gasteiger partial charge in [0.25, 0.3) is 0 Å². The summed E-state index contributed by atoms with van der Waals surface area (Å²) in [5.41, 5.74) is 5.82. The first-order valence-electron chi connectivity index (χ1n) is 6.95. The number of ether oxygens (including phenoxy) is 1. The number of thioether (sulfide) groups is 1. The lowest BCUT2D eigenvalue weighted by Gasteiger charge is -2.29. The molecule has 19 heavy (non-hydrogen) atoms. The lowest BCUT2D eigenvalue weighted by atomic mass is 10.1. The van der Waals surface area contributed by atoms with Crippen LogP contribution in [0.15, 0.2) is 0 Å². The molecule has 1 fully saturated rings. The first kappa shape index (κ1) is 16.8.